The first-order valence-electron chi connectivity index (χ1n) is 9.94. The van der Waals surface area contributed by atoms with Crippen LogP contribution in [0.1, 0.15) is 47.5 Å². The third-order valence-electron chi connectivity index (χ3n) is 3.47. The molecule has 0 heterocycles. The summed E-state index contributed by atoms with van der Waals surface area (Å²) in [5.41, 5.74) is 0. The lowest BCUT2D eigenvalue weighted by molar-refractivity contribution is 0.0625. The number of hydrogen-bond acceptors (Lipinski definition) is 10. The molecule has 11 heteroatoms. The van der Waals surface area contributed by atoms with Crippen LogP contribution in [0.4, 0.5) is 0 Å². The fraction of sp³-hybridized carbons (Fsp3) is 0.889. The largest absolute Gasteiger partial charge is 0.389 e. The Morgan fingerprint density at radius 3 is 2.07 bits per heavy atom. The highest BCUT2D eigenvalue weighted by atomic mass is 32.7. The first-order valence-corrected chi connectivity index (χ1v) is 13.1. The summed E-state index contributed by atoms with van der Waals surface area (Å²) in [7, 11) is 0. The Kier molecular flexibility index (Phi) is 22.9. The molecule has 0 aliphatic rings. The second-order valence-electron chi connectivity index (χ2n) is 5.39. The van der Waals surface area contributed by atoms with Crippen LogP contribution in [0.3, 0.4) is 0 Å². The average molecular weight is 454 g/mol. The van der Waals surface area contributed by atoms with E-state index in [0.29, 0.717) is 39.2 Å². The van der Waals surface area contributed by atoms with E-state index in [-0.39, 0.29) is 0 Å². The summed E-state index contributed by atoms with van der Waals surface area (Å²) in [5, 5.41) is 0. The van der Waals surface area contributed by atoms with Crippen LogP contribution in [0.25, 0.3) is 0 Å². The van der Waals surface area contributed by atoms with E-state index in [4.69, 9.17) is 13.8 Å². The molecule has 0 aliphatic heterocycles. The number of rotatable bonds is 17. The van der Waals surface area contributed by atoms with Crippen LogP contribution in [0, 0.1) is 0 Å². The van der Waals surface area contributed by atoms with Gasteiger partial charge in [-0.1, -0.05) is 13.8 Å². The minimum absolute atomic E-state index is 0.390. The molecule has 0 amide bonds. The van der Waals surface area contributed by atoms with Crippen LogP contribution in [0.5, 0.6) is 0 Å². The van der Waals surface area contributed by atoms with E-state index in [9.17, 15) is 14.2 Å². The Morgan fingerprint density at radius 2 is 1.62 bits per heavy atom. The highest BCUT2D eigenvalue weighted by Crippen LogP contribution is 2.60. The van der Waals surface area contributed by atoms with E-state index in [2.05, 4.69) is 28.7 Å². The van der Waals surface area contributed by atoms with Crippen molar-refractivity contribution >= 4 is 30.3 Å². The second kappa shape index (κ2) is 21.9. The van der Waals surface area contributed by atoms with Crippen molar-refractivity contribution in [2.45, 2.75) is 53.7 Å². The molecule has 0 aromatic carbocycles. The van der Waals surface area contributed by atoms with Crippen molar-refractivity contribution in [1.29, 1.82) is 0 Å². The standard InChI is InChI=1S/C10H24NO3PS.C8H12N2O3/c1-5-11(6-2)9-10-16-15(12,13-7-3)14-8-4;1-2-13-8(10-7-12)4-3-5-9-6-11/h5-10H2,1-4H3;8H,2-5H2,1H3. The summed E-state index contributed by atoms with van der Waals surface area (Å²) < 4.78 is 27.6. The fourth-order valence-corrected chi connectivity index (χ4v) is 5.49. The van der Waals surface area contributed by atoms with Crippen molar-refractivity contribution in [3.05, 3.63) is 0 Å². The third kappa shape index (κ3) is 18.9. The summed E-state index contributed by atoms with van der Waals surface area (Å²) in [6.07, 6.45) is 3.62. The average Bonchev–Trinajstić information content (AvgIpc) is 2.70. The molecule has 0 bridgehead atoms. The molecule has 0 N–H and O–H groups in total. The Bertz CT molecular complexity index is 514. The van der Waals surface area contributed by atoms with Crippen LogP contribution in [-0.4, -0.2) is 75.0 Å². The molecular formula is C18H36N3O6PS. The van der Waals surface area contributed by atoms with Crippen molar-refractivity contribution in [2.24, 2.45) is 9.98 Å². The van der Waals surface area contributed by atoms with Crippen LogP contribution < -0.4 is 0 Å². The van der Waals surface area contributed by atoms with Crippen molar-refractivity contribution in [2.75, 3.05) is 51.8 Å². The van der Waals surface area contributed by atoms with Gasteiger partial charge in [0, 0.05) is 18.9 Å². The highest BCUT2D eigenvalue weighted by Gasteiger charge is 2.24. The normalized spacial score (nSPS) is 11.8. The first kappa shape index (κ1) is 30.4. The zero-order valence-corrected chi connectivity index (χ0v) is 20.0. The summed E-state index contributed by atoms with van der Waals surface area (Å²) >= 11 is 1.30. The monoisotopic (exact) mass is 453 g/mol. The van der Waals surface area contributed by atoms with Crippen LogP contribution in [0.15, 0.2) is 9.98 Å². The molecule has 0 aromatic heterocycles. The van der Waals surface area contributed by atoms with Crippen LogP contribution in [0.2, 0.25) is 0 Å². The van der Waals surface area contributed by atoms with Gasteiger partial charge in [0.1, 0.15) is 0 Å². The van der Waals surface area contributed by atoms with Gasteiger partial charge < -0.3 is 18.7 Å². The van der Waals surface area contributed by atoms with E-state index in [1.54, 1.807) is 0 Å². The first-order chi connectivity index (χ1) is 14.0. The maximum atomic E-state index is 12.1. The maximum Gasteiger partial charge on any atom is 0.389 e. The van der Waals surface area contributed by atoms with Gasteiger partial charge in [0.05, 0.1) is 19.8 Å². The molecule has 0 aromatic rings. The molecule has 0 aliphatic carbocycles. The summed E-state index contributed by atoms with van der Waals surface area (Å²) in [6, 6.07) is 0. The van der Waals surface area contributed by atoms with Crippen molar-refractivity contribution in [3.8, 4) is 0 Å². The number of carbonyl (C=O) groups excluding carboxylic acids is 2. The molecule has 1 unspecified atom stereocenters. The predicted molar refractivity (Wildman–Crippen MR) is 117 cm³/mol. The topological polar surface area (TPSA) is 107 Å². The lowest BCUT2D eigenvalue weighted by atomic mass is 10.3. The van der Waals surface area contributed by atoms with E-state index in [0.717, 1.165) is 25.4 Å². The van der Waals surface area contributed by atoms with Gasteiger partial charge in [-0.15, -0.1) is 0 Å². The molecule has 0 saturated heterocycles. The number of hydrogen-bond donors (Lipinski definition) is 0. The van der Waals surface area contributed by atoms with Gasteiger partial charge in [-0.2, -0.15) is 4.99 Å². The van der Waals surface area contributed by atoms with E-state index >= 15 is 0 Å². The third-order valence-corrected chi connectivity index (χ3v) is 7.43. The highest BCUT2D eigenvalue weighted by molar-refractivity contribution is 8.55. The zero-order chi connectivity index (χ0) is 22.4. The number of nitrogens with zero attached hydrogens (tertiary/aromatic N) is 3. The van der Waals surface area contributed by atoms with Gasteiger partial charge in [0.25, 0.3) is 0 Å². The van der Waals surface area contributed by atoms with Crippen molar-refractivity contribution < 1.29 is 27.9 Å². The summed E-state index contributed by atoms with van der Waals surface area (Å²) in [6.45, 7) is 11.5. The lowest BCUT2D eigenvalue weighted by Crippen LogP contribution is -2.25. The zero-order valence-electron chi connectivity index (χ0n) is 18.3. The molecule has 0 spiro atoms. The molecule has 0 radical (unpaired) electrons. The fourth-order valence-electron chi connectivity index (χ4n) is 2.08. The Labute approximate surface area is 178 Å². The number of aliphatic imine (C=N–C) groups is 2. The minimum Gasteiger partial charge on any atom is -0.356 e. The van der Waals surface area contributed by atoms with E-state index in [1.807, 2.05) is 20.8 Å². The number of isocyanates is 2. The van der Waals surface area contributed by atoms with Crippen molar-refractivity contribution in [3.63, 3.8) is 0 Å². The quantitative estimate of drug-likeness (QED) is 0.141. The predicted octanol–water partition coefficient (Wildman–Crippen LogP) is 4.04. The van der Waals surface area contributed by atoms with Gasteiger partial charge in [-0.05, 0) is 58.1 Å². The van der Waals surface area contributed by atoms with Crippen molar-refractivity contribution in [1.82, 2.24) is 4.90 Å². The molecule has 170 valence electrons. The Balaban J connectivity index is 0. The van der Waals surface area contributed by atoms with Crippen LogP contribution >= 0.6 is 18.2 Å². The van der Waals surface area contributed by atoms with Gasteiger partial charge in [-0.3, -0.25) is 0 Å². The summed E-state index contributed by atoms with van der Waals surface area (Å²) in [4.78, 5) is 28.7. The molecule has 1 atom stereocenters. The second-order valence-corrected chi connectivity index (χ2v) is 9.58. The molecule has 29 heavy (non-hydrogen) atoms. The number of ether oxygens (including phenoxy) is 1. The molecule has 9 nitrogen and oxygen atoms in total. The van der Waals surface area contributed by atoms with Gasteiger partial charge in [-0.25, -0.2) is 19.1 Å². The van der Waals surface area contributed by atoms with E-state index in [1.165, 1.54) is 23.5 Å². The van der Waals surface area contributed by atoms with Gasteiger partial charge >= 0.3 is 6.80 Å². The van der Waals surface area contributed by atoms with Gasteiger partial charge in [0.2, 0.25) is 12.2 Å². The van der Waals surface area contributed by atoms with Crippen LogP contribution in [-0.2, 0) is 27.9 Å². The Hall–Kier alpha value is -0.820. The van der Waals surface area contributed by atoms with E-state index < -0.39 is 13.0 Å². The maximum absolute atomic E-state index is 12.1. The molecule has 0 saturated carbocycles. The SMILES string of the molecule is CCOC(CCCN=C=O)N=C=O.CCOP(=O)(OCC)SCCN(CC)CC. The molecular weight excluding hydrogens is 417 g/mol. The van der Waals surface area contributed by atoms with Gasteiger partial charge in [0.15, 0.2) is 6.23 Å². The smallest absolute Gasteiger partial charge is 0.356 e. The minimum atomic E-state index is -2.91. The molecule has 0 rings (SSSR count). The Morgan fingerprint density at radius 1 is 1.00 bits per heavy atom. The molecule has 0 fully saturated rings. The lowest BCUT2D eigenvalue weighted by Gasteiger charge is -2.20. The summed E-state index contributed by atoms with van der Waals surface area (Å²) in [5.74, 6) is 0.777.